The zero-order valence-corrected chi connectivity index (χ0v) is 17.4. The SMILES string of the molecule is CB(C#N)C1CCN(c2nccc(Oc3ccc(OC(F)(F)F)cc3Cl)c2Cl)CC1. The Morgan fingerprint density at radius 1 is 1.20 bits per heavy atom. The van der Waals surface area contributed by atoms with E-state index in [9.17, 15) is 13.2 Å². The van der Waals surface area contributed by atoms with Gasteiger partial charge in [0.25, 0.3) is 6.71 Å². The lowest BCUT2D eigenvalue weighted by Crippen LogP contribution is -2.36. The van der Waals surface area contributed by atoms with Crippen molar-refractivity contribution in [2.45, 2.75) is 31.8 Å². The number of alkyl halides is 3. The molecule has 1 aliphatic rings. The van der Waals surface area contributed by atoms with Crippen LogP contribution in [-0.2, 0) is 0 Å². The summed E-state index contributed by atoms with van der Waals surface area (Å²) in [6.07, 6.45) is -1.57. The van der Waals surface area contributed by atoms with Crippen LogP contribution in [0.5, 0.6) is 17.2 Å². The first kappa shape index (κ1) is 22.4. The molecule has 11 heteroatoms. The Labute approximate surface area is 182 Å². The number of pyridine rings is 1. The third-order valence-corrected chi connectivity index (χ3v) is 5.59. The largest absolute Gasteiger partial charge is 0.573 e. The van der Waals surface area contributed by atoms with Crippen molar-refractivity contribution in [2.24, 2.45) is 0 Å². The highest BCUT2D eigenvalue weighted by Crippen LogP contribution is 2.40. The summed E-state index contributed by atoms with van der Waals surface area (Å²) in [5, 5.41) is 9.31. The quantitative estimate of drug-likeness (QED) is 0.497. The molecule has 1 fully saturated rings. The van der Waals surface area contributed by atoms with Crippen molar-refractivity contribution >= 4 is 35.7 Å². The fraction of sp³-hybridized carbons (Fsp3) is 0.368. The summed E-state index contributed by atoms with van der Waals surface area (Å²) in [6.45, 7) is 3.33. The number of hydrogen-bond donors (Lipinski definition) is 0. The Kier molecular flexibility index (Phi) is 6.89. The third-order valence-electron chi connectivity index (χ3n) is 4.94. The van der Waals surface area contributed by atoms with E-state index < -0.39 is 12.1 Å². The zero-order chi connectivity index (χ0) is 21.9. The lowest BCUT2D eigenvalue weighted by molar-refractivity contribution is -0.274. The van der Waals surface area contributed by atoms with Crippen LogP contribution in [0.3, 0.4) is 0 Å². The van der Waals surface area contributed by atoms with Gasteiger partial charge in [0.2, 0.25) is 0 Å². The molecule has 2 heterocycles. The number of aromatic nitrogens is 1. The van der Waals surface area contributed by atoms with Crippen molar-refractivity contribution < 1.29 is 22.6 Å². The third kappa shape index (κ3) is 5.43. The van der Waals surface area contributed by atoms with E-state index in [4.69, 9.17) is 33.2 Å². The molecule has 0 atom stereocenters. The summed E-state index contributed by atoms with van der Waals surface area (Å²) in [6, 6.07) is 4.94. The van der Waals surface area contributed by atoms with Crippen LogP contribution in [-0.4, -0.2) is 31.1 Å². The summed E-state index contributed by atoms with van der Waals surface area (Å²) in [5.41, 5.74) is 0. The lowest BCUT2D eigenvalue weighted by Gasteiger charge is -2.33. The molecule has 0 radical (unpaired) electrons. The molecule has 1 aliphatic heterocycles. The van der Waals surface area contributed by atoms with Crippen molar-refractivity contribution in [3.63, 3.8) is 0 Å². The number of rotatable bonds is 5. The van der Waals surface area contributed by atoms with Gasteiger partial charge in [0.15, 0.2) is 11.6 Å². The number of benzene rings is 1. The minimum absolute atomic E-state index is 0.00307. The number of nitrogens with zero attached hydrogens (tertiary/aromatic N) is 3. The molecule has 1 aromatic heterocycles. The first-order chi connectivity index (χ1) is 14.2. The molecule has 5 nitrogen and oxygen atoms in total. The molecule has 0 N–H and O–H groups in total. The van der Waals surface area contributed by atoms with E-state index >= 15 is 0 Å². The van der Waals surface area contributed by atoms with Gasteiger partial charge < -0.3 is 14.4 Å². The first-order valence-corrected chi connectivity index (χ1v) is 9.95. The van der Waals surface area contributed by atoms with E-state index in [1.54, 1.807) is 6.07 Å². The molecule has 0 spiro atoms. The van der Waals surface area contributed by atoms with Gasteiger partial charge in [0, 0.05) is 37.4 Å². The maximum atomic E-state index is 12.3. The molecule has 1 aromatic carbocycles. The van der Waals surface area contributed by atoms with Gasteiger partial charge in [-0.25, -0.2) is 10.2 Å². The maximum Gasteiger partial charge on any atom is 0.573 e. The molecule has 2 aromatic rings. The zero-order valence-electron chi connectivity index (χ0n) is 15.9. The second-order valence-electron chi connectivity index (χ2n) is 6.93. The van der Waals surface area contributed by atoms with E-state index in [1.165, 1.54) is 12.3 Å². The van der Waals surface area contributed by atoms with Gasteiger partial charge in [0.05, 0.1) is 5.02 Å². The van der Waals surface area contributed by atoms with Gasteiger partial charge in [-0.1, -0.05) is 30.0 Å². The van der Waals surface area contributed by atoms with Crippen LogP contribution in [0.4, 0.5) is 19.0 Å². The number of ether oxygens (including phenoxy) is 2. The maximum absolute atomic E-state index is 12.3. The van der Waals surface area contributed by atoms with E-state index in [-0.39, 0.29) is 28.3 Å². The first-order valence-electron chi connectivity index (χ1n) is 9.20. The standard InChI is InChI=1S/C19H17BCl2F3N3O2/c1-20(11-26)12-5-8-28(9-6-12)18-17(22)16(4-7-27-18)29-15-3-2-13(10-14(15)21)30-19(23,24)25/h2-4,7,10,12H,5-6,8-9H2,1H3. The lowest BCUT2D eigenvalue weighted by atomic mass is 9.42. The number of piperidine rings is 1. The Morgan fingerprint density at radius 3 is 2.50 bits per heavy atom. The fourth-order valence-corrected chi connectivity index (χ4v) is 3.79. The van der Waals surface area contributed by atoms with Gasteiger partial charge in [-0.3, -0.25) is 0 Å². The summed E-state index contributed by atoms with van der Waals surface area (Å²) >= 11 is 12.5. The van der Waals surface area contributed by atoms with Gasteiger partial charge in [-0.15, -0.1) is 13.2 Å². The highest BCUT2D eigenvalue weighted by Gasteiger charge is 2.31. The highest BCUT2D eigenvalue weighted by atomic mass is 35.5. The second-order valence-corrected chi connectivity index (χ2v) is 7.72. The molecule has 3 rings (SSSR count). The van der Waals surface area contributed by atoms with Crippen LogP contribution in [0.25, 0.3) is 0 Å². The van der Waals surface area contributed by atoms with Gasteiger partial charge in [0.1, 0.15) is 16.5 Å². The Hall–Kier alpha value is -2.31. The molecule has 0 unspecified atom stereocenters. The second kappa shape index (κ2) is 9.23. The van der Waals surface area contributed by atoms with E-state index in [0.29, 0.717) is 24.7 Å². The average molecular weight is 458 g/mol. The predicted molar refractivity (Wildman–Crippen MR) is 110 cm³/mol. The van der Waals surface area contributed by atoms with Crippen LogP contribution in [0.1, 0.15) is 12.8 Å². The van der Waals surface area contributed by atoms with Gasteiger partial charge >= 0.3 is 6.36 Å². The normalized spacial score (nSPS) is 14.9. The summed E-state index contributed by atoms with van der Waals surface area (Å²) in [4.78, 5) is 6.37. The molecule has 1 saturated heterocycles. The Balaban J connectivity index is 1.74. The minimum atomic E-state index is -4.81. The Bertz CT molecular complexity index is 948. The summed E-state index contributed by atoms with van der Waals surface area (Å²) in [5.74, 6) is 3.14. The molecular weight excluding hydrogens is 441 g/mol. The van der Waals surface area contributed by atoms with Crippen molar-refractivity contribution in [2.75, 3.05) is 18.0 Å². The molecule has 0 amide bonds. The van der Waals surface area contributed by atoms with Crippen LogP contribution in [0.2, 0.25) is 22.7 Å². The fourth-order valence-electron chi connectivity index (χ4n) is 3.31. The number of halogens is 5. The van der Waals surface area contributed by atoms with Gasteiger partial charge in [-0.05, 0) is 30.8 Å². The van der Waals surface area contributed by atoms with Gasteiger partial charge in [-0.2, -0.15) is 0 Å². The molecule has 0 bridgehead atoms. The summed E-state index contributed by atoms with van der Waals surface area (Å²) in [7, 11) is 0. The molecule has 158 valence electrons. The predicted octanol–water partition coefficient (Wildman–Crippen LogP) is 6.24. The van der Waals surface area contributed by atoms with E-state index in [0.717, 1.165) is 25.0 Å². The smallest absolute Gasteiger partial charge is 0.454 e. The topological polar surface area (TPSA) is 58.4 Å². The van der Waals surface area contributed by atoms with Crippen LogP contribution >= 0.6 is 23.2 Å². The molecule has 0 saturated carbocycles. The number of nitriles is 1. The van der Waals surface area contributed by atoms with Crippen molar-refractivity contribution in [3.8, 4) is 23.2 Å². The minimum Gasteiger partial charge on any atom is -0.454 e. The average Bonchev–Trinajstić information content (AvgIpc) is 2.70. The highest BCUT2D eigenvalue weighted by molar-refractivity contribution is 6.67. The van der Waals surface area contributed by atoms with Crippen LogP contribution in [0.15, 0.2) is 30.5 Å². The number of hydrogen-bond acceptors (Lipinski definition) is 5. The van der Waals surface area contributed by atoms with E-state index in [2.05, 4.69) is 15.7 Å². The molecular formula is C19H17BCl2F3N3O2. The molecule has 30 heavy (non-hydrogen) atoms. The molecule has 0 aliphatic carbocycles. The van der Waals surface area contributed by atoms with E-state index in [1.807, 2.05) is 11.7 Å². The monoisotopic (exact) mass is 457 g/mol. The van der Waals surface area contributed by atoms with Crippen molar-refractivity contribution in [3.05, 3.63) is 40.5 Å². The number of anilines is 1. The Morgan fingerprint density at radius 2 is 1.90 bits per heavy atom. The van der Waals surface area contributed by atoms with Crippen LogP contribution < -0.4 is 14.4 Å². The van der Waals surface area contributed by atoms with Crippen molar-refractivity contribution in [1.29, 1.82) is 5.26 Å². The van der Waals surface area contributed by atoms with Crippen LogP contribution in [0, 0.1) is 11.2 Å². The van der Waals surface area contributed by atoms with Crippen molar-refractivity contribution in [1.82, 2.24) is 4.98 Å². The summed E-state index contributed by atoms with van der Waals surface area (Å²) < 4.78 is 46.6.